The van der Waals surface area contributed by atoms with E-state index in [1.165, 1.54) is 5.56 Å². The van der Waals surface area contributed by atoms with Crippen LogP contribution in [0, 0.1) is 6.92 Å². The second kappa shape index (κ2) is 6.05. The Balaban J connectivity index is 1.54. The summed E-state index contributed by atoms with van der Waals surface area (Å²) in [5.41, 5.74) is 4.18. The van der Waals surface area contributed by atoms with Crippen LogP contribution < -0.4 is 4.90 Å². The van der Waals surface area contributed by atoms with Crippen molar-refractivity contribution in [2.24, 2.45) is 0 Å². The van der Waals surface area contributed by atoms with Gasteiger partial charge in [0, 0.05) is 37.2 Å². The molecule has 0 atom stereocenters. The summed E-state index contributed by atoms with van der Waals surface area (Å²) in [7, 11) is 0. The average molecular weight is 358 g/mol. The third kappa shape index (κ3) is 2.59. The lowest BCUT2D eigenvalue weighted by atomic mass is 10.1. The van der Waals surface area contributed by atoms with Gasteiger partial charge in [-0.1, -0.05) is 29.8 Å². The quantitative estimate of drug-likeness (QED) is 0.552. The number of amides is 1. The zero-order chi connectivity index (χ0) is 18.4. The number of carbonyl (C=O) groups is 1. The van der Waals surface area contributed by atoms with E-state index in [0.717, 1.165) is 24.2 Å². The Kier molecular flexibility index (Phi) is 3.53. The topological polar surface area (TPSA) is 68.3 Å². The zero-order valence-corrected chi connectivity index (χ0v) is 14.9. The molecule has 4 aromatic rings. The van der Waals surface area contributed by atoms with Crippen molar-refractivity contribution in [1.29, 1.82) is 0 Å². The van der Waals surface area contributed by atoms with Crippen molar-refractivity contribution in [3.8, 4) is 11.3 Å². The molecular formula is C20H18N6O. The molecule has 0 aliphatic carbocycles. The van der Waals surface area contributed by atoms with E-state index in [4.69, 9.17) is 4.98 Å². The second-order valence-corrected chi connectivity index (χ2v) is 6.74. The van der Waals surface area contributed by atoms with Gasteiger partial charge in [-0.2, -0.15) is 5.10 Å². The number of fused-ring (bicyclic) bond motifs is 2. The van der Waals surface area contributed by atoms with Gasteiger partial charge < -0.3 is 4.57 Å². The molecule has 5 rings (SSSR count). The first-order chi connectivity index (χ1) is 13.2. The van der Waals surface area contributed by atoms with E-state index in [9.17, 15) is 4.79 Å². The molecule has 1 aliphatic heterocycles. The van der Waals surface area contributed by atoms with Gasteiger partial charge in [0.15, 0.2) is 5.65 Å². The fourth-order valence-corrected chi connectivity index (χ4v) is 3.46. The first-order valence-electron chi connectivity index (χ1n) is 8.95. The number of hydrogen-bond donors (Lipinski definition) is 0. The lowest BCUT2D eigenvalue weighted by molar-refractivity contribution is 0.0982. The molecule has 1 aliphatic rings. The van der Waals surface area contributed by atoms with Gasteiger partial charge in [-0.25, -0.2) is 14.5 Å². The lowest BCUT2D eigenvalue weighted by Crippen LogP contribution is -2.37. The van der Waals surface area contributed by atoms with Crippen molar-refractivity contribution < 1.29 is 4.79 Å². The summed E-state index contributed by atoms with van der Waals surface area (Å²) in [6.45, 7) is 3.55. The van der Waals surface area contributed by atoms with Gasteiger partial charge >= 0.3 is 0 Å². The molecule has 0 radical (unpaired) electrons. The highest BCUT2D eigenvalue weighted by Gasteiger charge is 2.28. The van der Waals surface area contributed by atoms with Crippen LogP contribution in [0.1, 0.15) is 22.3 Å². The molecule has 4 heterocycles. The number of imidazole rings is 1. The largest absolute Gasteiger partial charge is 0.316 e. The summed E-state index contributed by atoms with van der Waals surface area (Å²) < 4.78 is 3.66. The molecule has 0 bridgehead atoms. The molecule has 0 saturated carbocycles. The standard InChI is InChI=1S/C20H18N6O/c1-14-4-6-15(7-5-14)17-13-24-9-3-10-25(20(24)23-17)19(27)16-12-22-26-11-2-8-21-18(16)26/h2,4-8,11-13H,3,9-10H2,1H3. The van der Waals surface area contributed by atoms with E-state index in [1.807, 2.05) is 6.20 Å². The van der Waals surface area contributed by atoms with Gasteiger partial charge in [0.1, 0.15) is 5.56 Å². The number of benzene rings is 1. The minimum Gasteiger partial charge on any atom is -0.316 e. The average Bonchev–Trinajstić information content (AvgIpc) is 3.32. The fraction of sp³-hybridized carbons (Fsp3) is 0.200. The van der Waals surface area contributed by atoms with E-state index in [1.54, 1.807) is 34.1 Å². The molecule has 7 nitrogen and oxygen atoms in total. The van der Waals surface area contributed by atoms with Gasteiger partial charge in [0.25, 0.3) is 5.91 Å². The highest BCUT2D eigenvalue weighted by molar-refractivity contribution is 6.09. The predicted molar refractivity (Wildman–Crippen MR) is 102 cm³/mol. The third-order valence-corrected chi connectivity index (χ3v) is 4.88. The first-order valence-corrected chi connectivity index (χ1v) is 8.95. The fourth-order valence-electron chi connectivity index (χ4n) is 3.46. The molecule has 0 spiro atoms. The smallest absolute Gasteiger partial charge is 0.266 e. The van der Waals surface area contributed by atoms with Crippen LogP contribution in [0.2, 0.25) is 0 Å². The maximum absolute atomic E-state index is 13.2. The van der Waals surface area contributed by atoms with Crippen molar-refractivity contribution in [2.75, 3.05) is 11.4 Å². The lowest BCUT2D eigenvalue weighted by Gasteiger charge is -2.26. The molecule has 1 aromatic carbocycles. The molecule has 0 saturated heterocycles. The summed E-state index contributed by atoms with van der Waals surface area (Å²) in [4.78, 5) is 24.0. The van der Waals surface area contributed by atoms with E-state index in [0.29, 0.717) is 23.7 Å². The molecule has 27 heavy (non-hydrogen) atoms. The molecule has 134 valence electrons. The van der Waals surface area contributed by atoms with Crippen LogP contribution in [0.5, 0.6) is 0 Å². The summed E-state index contributed by atoms with van der Waals surface area (Å²) in [5.74, 6) is 0.558. The van der Waals surface area contributed by atoms with E-state index < -0.39 is 0 Å². The monoisotopic (exact) mass is 358 g/mol. The Morgan fingerprint density at radius 3 is 2.85 bits per heavy atom. The normalized spacial score (nSPS) is 13.7. The van der Waals surface area contributed by atoms with Crippen molar-refractivity contribution in [3.05, 3.63) is 66.2 Å². The van der Waals surface area contributed by atoms with E-state index in [-0.39, 0.29) is 5.91 Å². The van der Waals surface area contributed by atoms with Gasteiger partial charge in [-0.15, -0.1) is 0 Å². The maximum Gasteiger partial charge on any atom is 0.266 e. The number of rotatable bonds is 2. The molecule has 0 N–H and O–H groups in total. The second-order valence-electron chi connectivity index (χ2n) is 6.74. The van der Waals surface area contributed by atoms with Crippen molar-refractivity contribution in [3.63, 3.8) is 0 Å². The number of aryl methyl sites for hydroxylation is 2. The molecule has 3 aromatic heterocycles. The maximum atomic E-state index is 13.2. The minimum atomic E-state index is -0.120. The highest BCUT2D eigenvalue weighted by atomic mass is 16.2. The summed E-state index contributed by atoms with van der Waals surface area (Å²) >= 11 is 0. The molecule has 7 heteroatoms. The van der Waals surface area contributed by atoms with Crippen LogP contribution in [-0.2, 0) is 6.54 Å². The highest BCUT2D eigenvalue weighted by Crippen LogP contribution is 2.28. The van der Waals surface area contributed by atoms with Gasteiger partial charge in [-0.3, -0.25) is 9.69 Å². The number of aromatic nitrogens is 5. The molecular weight excluding hydrogens is 340 g/mol. The van der Waals surface area contributed by atoms with Crippen LogP contribution in [0.3, 0.4) is 0 Å². The van der Waals surface area contributed by atoms with Gasteiger partial charge in [0.05, 0.1) is 11.9 Å². The van der Waals surface area contributed by atoms with Crippen molar-refractivity contribution in [2.45, 2.75) is 19.9 Å². The van der Waals surface area contributed by atoms with E-state index in [2.05, 4.69) is 45.8 Å². The predicted octanol–water partition coefficient (Wildman–Crippen LogP) is 2.95. The Labute approximate surface area is 155 Å². The zero-order valence-electron chi connectivity index (χ0n) is 14.9. The Bertz CT molecular complexity index is 1140. The molecule has 1 amide bonds. The first kappa shape index (κ1) is 15.7. The van der Waals surface area contributed by atoms with E-state index >= 15 is 0 Å². The SMILES string of the molecule is Cc1ccc(-c2cn3c(n2)N(C(=O)c2cnn4cccnc24)CCC3)cc1. The Morgan fingerprint density at radius 2 is 2.00 bits per heavy atom. The number of nitrogens with zero attached hydrogens (tertiary/aromatic N) is 6. The van der Waals surface area contributed by atoms with Crippen molar-refractivity contribution >= 4 is 17.5 Å². The Hall–Kier alpha value is -3.48. The van der Waals surface area contributed by atoms with Crippen LogP contribution in [0.4, 0.5) is 5.95 Å². The number of hydrogen-bond acceptors (Lipinski definition) is 4. The summed E-state index contributed by atoms with van der Waals surface area (Å²) in [6, 6.07) is 10.0. The number of carbonyl (C=O) groups excluding carboxylic acids is 1. The van der Waals surface area contributed by atoms with Crippen molar-refractivity contribution in [1.82, 2.24) is 24.1 Å². The Morgan fingerprint density at radius 1 is 1.15 bits per heavy atom. The number of anilines is 1. The van der Waals surface area contributed by atoms with Gasteiger partial charge in [-0.05, 0) is 19.4 Å². The molecule has 0 fully saturated rings. The van der Waals surface area contributed by atoms with Crippen LogP contribution in [0.25, 0.3) is 16.9 Å². The molecule has 0 unspecified atom stereocenters. The summed E-state index contributed by atoms with van der Waals surface area (Å²) in [6.07, 6.45) is 7.93. The van der Waals surface area contributed by atoms with Crippen LogP contribution in [0.15, 0.2) is 55.1 Å². The van der Waals surface area contributed by atoms with Crippen LogP contribution >= 0.6 is 0 Å². The van der Waals surface area contributed by atoms with Gasteiger partial charge in [0.2, 0.25) is 5.95 Å². The van der Waals surface area contributed by atoms with Crippen LogP contribution in [-0.4, -0.2) is 36.6 Å². The summed E-state index contributed by atoms with van der Waals surface area (Å²) in [5, 5.41) is 4.23. The minimum absolute atomic E-state index is 0.120. The third-order valence-electron chi connectivity index (χ3n) is 4.88.